The van der Waals surface area contributed by atoms with Gasteiger partial charge in [-0.1, -0.05) is 43.9 Å². The number of carbonyl (C=O) groups excluding carboxylic acids is 7. The molecule has 254 valence electrons. The Morgan fingerprint density at radius 1 is 0.809 bits per heavy atom. The van der Waals surface area contributed by atoms with Crippen molar-refractivity contribution in [3.63, 3.8) is 0 Å². The first-order valence-corrected chi connectivity index (χ1v) is 15.2. The van der Waals surface area contributed by atoms with E-state index in [-0.39, 0.29) is 11.1 Å². The van der Waals surface area contributed by atoms with Crippen LogP contribution in [0.1, 0.15) is 78.6 Å². The zero-order chi connectivity index (χ0) is 35.5. The summed E-state index contributed by atoms with van der Waals surface area (Å²) < 4.78 is 29.0. The second kappa shape index (κ2) is 14.0. The number of allylic oxidation sites excluding steroid dienone is 2. The lowest BCUT2D eigenvalue weighted by Crippen LogP contribution is -2.57. The van der Waals surface area contributed by atoms with Crippen LogP contribution in [0.2, 0.25) is 0 Å². The summed E-state index contributed by atoms with van der Waals surface area (Å²) in [6.07, 6.45) is -2.58. The van der Waals surface area contributed by atoms with Crippen molar-refractivity contribution in [2.24, 2.45) is 17.3 Å². The van der Waals surface area contributed by atoms with E-state index in [9.17, 15) is 33.6 Å². The van der Waals surface area contributed by atoms with Crippen LogP contribution in [0, 0.1) is 17.3 Å². The van der Waals surface area contributed by atoms with E-state index in [1.165, 1.54) is 38.1 Å². The lowest BCUT2D eigenvalue weighted by molar-refractivity contribution is -0.186. The van der Waals surface area contributed by atoms with Crippen LogP contribution in [0.25, 0.3) is 0 Å². The van der Waals surface area contributed by atoms with Gasteiger partial charge in [-0.2, -0.15) is 0 Å². The van der Waals surface area contributed by atoms with E-state index >= 15 is 0 Å². The predicted molar refractivity (Wildman–Crippen MR) is 165 cm³/mol. The molecule has 1 saturated carbocycles. The summed E-state index contributed by atoms with van der Waals surface area (Å²) in [7, 11) is 0. The predicted octanol–water partition coefficient (Wildman–Crippen LogP) is 4.04. The summed E-state index contributed by atoms with van der Waals surface area (Å²) in [5, 5.41) is 0. The minimum atomic E-state index is -2.27. The number of ketones is 2. The monoisotopic (exact) mass is 654 g/mol. The molecular weight excluding hydrogens is 612 g/mol. The van der Waals surface area contributed by atoms with Gasteiger partial charge in [0.1, 0.15) is 18.0 Å². The van der Waals surface area contributed by atoms with Crippen molar-refractivity contribution >= 4 is 41.4 Å². The van der Waals surface area contributed by atoms with Crippen LogP contribution in [0.4, 0.5) is 0 Å². The Hall–Kier alpha value is -4.61. The van der Waals surface area contributed by atoms with Gasteiger partial charge >= 0.3 is 29.8 Å². The molecule has 0 spiro atoms. The minimum Gasteiger partial charge on any atom is -0.458 e. The molecule has 0 bridgehead atoms. The number of esters is 5. The molecule has 12 heteroatoms. The molecule has 3 rings (SSSR count). The zero-order valence-electron chi connectivity index (χ0n) is 27.9. The quantitative estimate of drug-likeness (QED) is 0.246. The van der Waals surface area contributed by atoms with E-state index in [0.29, 0.717) is 0 Å². The summed E-state index contributed by atoms with van der Waals surface area (Å²) in [5.74, 6) is -8.00. The molecule has 1 aromatic rings. The molecule has 12 nitrogen and oxygen atoms in total. The van der Waals surface area contributed by atoms with E-state index in [1.807, 2.05) is 0 Å². The van der Waals surface area contributed by atoms with Crippen LogP contribution in [0.5, 0.6) is 0 Å². The number of hydrogen-bond donors (Lipinski definition) is 0. The van der Waals surface area contributed by atoms with Gasteiger partial charge < -0.3 is 23.7 Å². The van der Waals surface area contributed by atoms with Crippen LogP contribution >= 0.6 is 0 Å². The van der Waals surface area contributed by atoms with Crippen LogP contribution in [-0.4, -0.2) is 70.9 Å². The average molecular weight is 655 g/mol. The van der Waals surface area contributed by atoms with Crippen LogP contribution in [0.3, 0.4) is 0 Å². The van der Waals surface area contributed by atoms with E-state index in [2.05, 4.69) is 6.58 Å². The second-order valence-corrected chi connectivity index (χ2v) is 12.8. The second-order valence-electron chi connectivity index (χ2n) is 12.8. The largest absolute Gasteiger partial charge is 0.458 e. The highest BCUT2D eigenvalue weighted by molar-refractivity contribution is 5.95. The van der Waals surface area contributed by atoms with Gasteiger partial charge in [-0.3, -0.25) is 28.8 Å². The van der Waals surface area contributed by atoms with Gasteiger partial charge in [0.15, 0.2) is 23.1 Å². The lowest BCUT2D eigenvalue weighted by Gasteiger charge is -2.41. The van der Waals surface area contributed by atoms with Crippen molar-refractivity contribution in [3.05, 3.63) is 60.2 Å². The summed E-state index contributed by atoms with van der Waals surface area (Å²) in [6.45, 7) is 14.6. The molecular formula is C35H42O12. The number of rotatable bonds is 6. The smallest absolute Gasteiger partial charge is 0.338 e. The highest BCUT2D eigenvalue weighted by Gasteiger charge is 2.71. The molecule has 2 aliphatic rings. The molecule has 1 fully saturated rings. The highest BCUT2D eigenvalue weighted by atomic mass is 16.6. The van der Waals surface area contributed by atoms with Gasteiger partial charge in [0, 0.05) is 57.4 Å². The Labute approximate surface area is 273 Å². The number of ether oxygens (including phenoxy) is 5. The summed E-state index contributed by atoms with van der Waals surface area (Å²) in [6, 6.07) is 7.91. The maximum Gasteiger partial charge on any atom is 0.338 e. The fourth-order valence-corrected chi connectivity index (χ4v) is 6.32. The van der Waals surface area contributed by atoms with Crippen LogP contribution < -0.4 is 0 Å². The number of benzene rings is 1. The molecule has 0 unspecified atom stereocenters. The maximum atomic E-state index is 14.7. The molecule has 0 aliphatic heterocycles. The standard InChI is InChI=1S/C35H42O12/c1-19-15-16-33(7,8)27(40)17-26(43-21(3)36)20(2)29(44-22(4)37)28-31(45-23(5)38)34(9,18-35(28,30(19)41)46-24(6)39)47-32(42)25-13-11-10-12-14-25/h10-16,19,26,28-29,31H,2,17-18H2,1,3-9H3/b16-15+/t19-,26-,28+,29+,31-,34-,35-/m0/s1. The maximum absolute atomic E-state index is 14.7. The third kappa shape index (κ3) is 8.04. The fraction of sp³-hybridized carbons (Fsp3) is 0.514. The normalized spacial score (nSPS) is 31.2. The van der Waals surface area contributed by atoms with Crippen molar-refractivity contribution in [3.8, 4) is 0 Å². The van der Waals surface area contributed by atoms with Crippen LogP contribution in [-0.2, 0) is 52.5 Å². The third-order valence-corrected chi connectivity index (χ3v) is 8.46. The Balaban J connectivity index is 2.44. The fourth-order valence-electron chi connectivity index (χ4n) is 6.32. The number of fused-ring (bicyclic) bond motifs is 1. The van der Waals surface area contributed by atoms with E-state index in [0.717, 1.165) is 27.7 Å². The van der Waals surface area contributed by atoms with Crippen LogP contribution in [0.15, 0.2) is 54.6 Å². The molecule has 0 saturated heterocycles. The highest BCUT2D eigenvalue weighted by Crippen LogP contribution is 2.54. The van der Waals surface area contributed by atoms with Crippen molar-refractivity contribution in [1.29, 1.82) is 0 Å². The number of hydrogen-bond acceptors (Lipinski definition) is 12. The third-order valence-electron chi connectivity index (χ3n) is 8.46. The van der Waals surface area contributed by atoms with Crippen molar-refractivity contribution in [1.82, 2.24) is 0 Å². The number of Topliss-reactive ketones (excluding diaryl/α,β-unsaturated/α-hetero) is 2. The Morgan fingerprint density at radius 2 is 1.38 bits per heavy atom. The van der Waals surface area contributed by atoms with E-state index in [4.69, 9.17) is 23.7 Å². The molecule has 0 N–H and O–H groups in total. The summed E-state index contributed by atoms with van der Waals surface area (Å²) in [4.78, 5) is 92.3. The molecule has 0 radical (unpaired) electrons. The first kappa shape index (κ1) is 36.9. The molecule has 7 atom stereocenters. The van der Waals surface area contributed by atoms with Gasteiger partial charge in [0.2, 0.25) is 0 Å². The van der Waals surface area contributed by atoms with Crippen molar-refractivity contribution in [2.45, 2.75) is 97.7 Å². The average Bonchev–Trinajstić information content (AvgIpc) is 3.19. The Bertz CT molecular complexity index is 1490. The molecule has 0 amide bonds. The molecule has 2 aliphatic carbocycles. The SMILES string of the molecule is C=C1[C@@H](OC(C)=O)CC(=O)C(C)(C)/C=C/[C@H](C)C(=O)[C@]2(OC(C)=O)C[C@](C)(OC(=O)c3ccccc3)[C@@H](OC(C)=O)[C@H]2[C@@H]1OC(C)=O. The van der Waals surface area contributed by atoms with Gasteiger partial charge in [0.25, 0.3) is 0 Å². The van der Waals surface area contributed by atoms with Gasteiger partial charge in [-0.05, 0) is 32.9 Å². The van der Waals surface area contributed by atoms with E-state index in [1.54, 1.807) is 32.0 Å². The first-order valence-electron chi connectivity index (χ1n) is 15.2. The lowest BCUT2D eigenvalue weighted by atomic mass is 9.73. The molecule has 47 heavy (non-hydrogen) atoms. The van der Waals surface area contributed by atoms with Gasteiger partial charge in [0.05, 0.1) is 11.5 Å². The topological polar surface area (TPSA) is 166 Å². The minimum absolute atomic E-state index is 0.141. The van der Waals surface area contributed by atoms with Crippen molar-refractivity contribution < 1.29 is 57.2 Å². The first-order chi connectivity index (χ1) is 21.7. The van der Waals surface area contributed by atoms with E-state index < -0.39 is 101 Å². The molecule has 0 aromatic heterocycles. The summed E-state index contributed by atoms with van der Waals surface area (Å²) >= 11 is 0. The molecule has 0 heterocycles. The summed E-state index contributed by atoms with van der Waals surface area (Å²) in [5.41, 5.74) is -5.31. The Kier molecular flexibility index (Phi) is 11.0. The molecule has 1 aromatic carbocycles. The zero-order valence-corrected chi connectivity index (χ0v) is 27.9. The Morgan fingerprint density at radius 3 is 1.91 bits per heavy atom. The number of carbonyl (C=O) groups is 7. The van der Waals surface area contributed by atoms with Crippen molar-refractivity contribution in [2.75, 3.05) is 0 Å². The van der Waals surface area contributed by atoms with Gasteiger partial charge in [-0.25, -0.2) is 4.79 Å². The van der Waals surface area contributed by atoms with Gasteiger partial charge in [-0.15, -0.1) is 0 Å².